The third-order valence-corrected chi connectivity index (χ3v) is 6.10. The highest BCUT2D eigenvalue weighted by Gasteiger charge is 2.25. The van der Waals surface area contributed by atoms with Crippen molar-refractivity contribution in [1.82, 2.24) is 14.0 Å². The fourth-order valence-corrected chi connectivity index (χ4v) is 4.02. The maximum absolute atomic E-state index is 11.9. The van der Waals surface area contributed by atoms with Gasteiger partial charge in [0.25, 0.3) is 11.5 Å². The molecule has 0 unspecified atom stereocenters. The van der Waals surface area contributed by atoms with E-state index >= 15 is 0 Å². The van der Waals surface area contributed by atoms with Gasteiger partial charge in [0.05, 0.1) is 6.26 Å². The molecule has 10 heteroatoms. The first-order valence-corrected chi connectivity index (χ1v) is 9.43. The summed E-state index contributed by atoms with van der Waals surface area (Å²) in [5.41, 5.74) is -0.465. The van der Waals surface area contributed by atoms with Crippen molar-refractivity contribution in [3.63, 3.8) is 0 Å². The molecular formula is C11H16ClN3O4S2. The zero-order valence-electron chi connectivity index (χ0n) is 11.4. The molecule has 1 aliphatic heterocycles. The van der Waals surface area contributed by atoms with Crippen LogP contribution in [-0.2, 0) is 10.0 Å². The summed E-state index contributed by atoms with van der Waals surface area (Å²) in [7, 11) is -3.14. The third kappa shape index (κ3) is 4.06. The van der Waals surface area contributed by atoms with Crippen molar-refractivity contribution in [1.29, 1.82) is 0 Å². The Morgan fingerprint density at radius 3 is 2.57 bits per heavy atom. The topological polar surface area (TPSA) is 99.3 Å². The first kappa shape index (κ1) is 16.5. The molecule has 2 rings (SSSR count). The first-order chi connectivity index (χ1) is 9.79. The lowest BCUT2D eigenvalue weighted by Gasteiger charge is -2.30. The van der Waals surface area contributed by atoms with Gasteiger partial charge in [-0.05, 0) is 18.8 Å². The molecule has 1 saturated heterocycles. The van der Waals surface area contributed by atoms with E-state index in [4.69, 9.17) is 11.6 Å². The highest BCUT2D eigenvalue weighted by molar-refractivity contribution is 7.88. The molecule has 0 spiro atoms. The van der Waals surface area contributed by atoms with Crippen molar-refractivity contribution in [2.75, 3.05) is 25.9 Å². The molecule has 2 heterocycles. The standard InChI is InChI=1S/C11H16ClN3O4S2/c1-21(18,19)15-4-2-7(3-5-15)6-13-11(17)9-8(12)10(16)14-20-9/h7H,2-6H2,1H3,(H,13,17)(H,14,16). The predicted molar refractivity (Wildman–Crippen MR) is 81.4 cm³/mol. The minimum atomic E-state index is -3.14. The normalized spacial score (nSPS) is 17.8. The number of hydrogen-bond acceptors (Lipinski definition) is 5. The zero-order chi connectivity index (χ0) is 15.6. The Morgan fingerprint density at radius 2 is 2.10 bits per heavy atom. The van der Waals surface area contributed by atoms with Gasteiger partial charge in [-0.3, -0.25) is 14.0 Å². The van der Waals surface area contributed by atoms with E-state index in [0.717, 1.165) is 11.5 Å². The van der Waals surface area contributed by atoms with Crippen LogP contribution >= 0.6 is 23.1 Å². The minimum Gasteiger partial charge on any atom is -0.351 e. The van der Waals surface area contributed by atoms with Crippen molar-refractivity contribution in [3.05, 3.63) is 20.3 Å². The van der Waals surface area contributed by atoms with E-state index in [-0.39, 0.29) is 21.7 Å². The number of aromatic amines is 1. The lowest BCUT2D eigenvalue weighted by molar-refractivity contribution is 0.0945. The summed E-state index contributed by atoms with van der Waals surface area (Å²) >= 11 is 6.63. The van der Waals surface area contributed by atoms with Crippen LogP contribution in [0.3, 0.4) is 0 Å². The molecule has 1 aromatic heterocycles. The van der Waals surface area contributed by atoms with E-state index < -0.39 is 15.6 Å². The second-order valence-electron chi connectivity index (χ2n) is 4.99. The fourth-order valence-electron chi connectivity index (χ4n) is 2.20. The molecule has 0 bridgehead atoms. The SMILES string of the molecule is CS(=O)(=O)N1CCC(CNC(=O)c2s[nH]c(=O)c2Cl)CC1. The van der Waals surface area contributed by atoms with Gasteiger partial charge in [0.1, 0.15) is 9.90 Å². The third-order valence-electron chi connectivity index (χ3n) is 3.44. The lowest BCUT2D eigenvalue weighted by Crippen LogP contribution is -2.41. The summed E-state index contributed by atoms with van der Waals surface area (Å²) in [5.74, 6) is -0.157. The number of aromatic nitrogens is 1. The number of carbonyl (C=O) groups is 1. The number of sulfonamides is 1. The highest BCUT2D eigenvalue weighted by atomic mass is 35.5. The maximum atomic E-state index is 11.9. The number of amides is 1. The van der Waals surface area contributed by atoms with Crippen LogP contribution in [0.1, 0.15) is 22.5 Å². The van der Waals surface area contributed by atoms with Crippen LogP contribution in [-0.4, -0.2) is 48.9 Å². The molecule has 1 fully saturated rings. The molecule has 1 aliphatic rings. The maximum Gasteiger partial charge on any atom is 0.277 e. The monoisotopic (exact) mass is 353 g/mol. The number of rotatable bonds is 4. The van der Waals surface area contributed by atoms with E-state index in [0.29, 0.717) is 32.5 Å². The Balaban J connectivity index is 1.84. The fraction of sp³-hybridized carbons (Fsp3) is 0.636. The van der Waals surface area contributed by atoms with Crippen LogP contribution in [0.2, 0.25) is 5.02 Å². The van der Waals surface area contributed by atoms with Crippen molar-refractivity contribution >= 4 is 39.1 Å². The second kappa shape index (κ2) is 6.47. The molecule has 2 N–H and O–H groups in total. The minimum absolute atomic E-state index is 0.0932. The molecule has 0 aromatic carbocycles. The average Bonchev–Trinajstić information content (AvgIpc) is 2.76. The Labute approximate surface area is 131 Å². The smallest absolute Gasteiger partial charge is 0.277 e. The predicted octanol–water partition coefficient (Wildman–Crippen LogP) is 0.491. The number of hydrogen-bond donors (Lipinski definition) is 2. The van der Waals surface area contributed by atoms with Gasteiger partial charge in [0.15, 0.2) is 0 Å². The second-order valence-corrected chi connectivity index (χ2v) is 8.17. The summed E-state index contributed by atoms with van der Waals surface area (Å²) in [4.78, 5) is 23.2. The van der Waals surface area contributed by atoms with Crippen LogP contribution in [0.15, 0.2) is 4.79 Å². The van der Waals surface area contributed by atoms with Crippen molar-refractivity contribution < 1.29 is 13.2 Å². The first-order valence-electron chi connectivity index (χ1n) is 6.39. The van der Waals surface area contributed by atoms with Crippen LogP contribution in [0.25, 0.3) is 0 Å². The van der Waals surface area contributed by atoms with Crippen LogP contribution in [0.5, 0.6) is 0 Å². The number of halogens is 1. The summed E-state index contributed by atoms with van der Waals surface area (Å²) in [6.45, 7) is 1.38. The van der Waals surface area contributed by atoms with E-state index in [9.17, 15) is 18.0 Å². The van der Waals surface area contributed by atoms with E-state index in [1.165, 1.54) is 10.6 Å². The molecule has 1 aromatic rings. The summed E-state index contributed by atoms with van der Waals surface area (Å²) < 4.78 is 26.6. The van der Waals surface area contributed by atoms with Gasteiger partial charge >= 0.3 is 0 Å². The van der Waals surface area contributed by atoms with E-state index in [2.05, 4.69) is 9.69 Å². The van der Waals surface area contributed by atoms with E-state index in [1.807, 2.05) is 0 Å². The Kier molecular flexibility index (Phi) is 5.07. The van der Waals surface area contributed by atoms with Gasteiger partial charge in [0, 0.05) is 19.6 Å². The van der Waals surface area contributed by atoms with Gasteiger partial charge in [-0.1, -0.05) is 23.1 Å². The number of carbonyl (C=O) groups excluding carboxylic acids is 1. The summed E-state index contributed by atoms with van der Waals surface area (Å²) in [6, 6.07) is 0. The van der Waals surface area contributed by atoms with E-state index in [1.54, 1.807) is 0 Å². The van der Waals surface area contributed by atoms with Gasteiger partial charge < -0.3 is 5.32 Å². The number of nitrogens with zero attached hydrogens (tertiary/aromatic N) is 1. The van der Waals surface area contributed by atoms with Gasteiger partial charge in [-0.2, -0.15) is 0 Å². The number of piperidine rings is 1. The molecule has 0 aliphatic carbocycles. The molecule has 0 atom stereocenters. The Bertz CT molecular complexity index is 674. The van der Waals surface area contributed by atoms with Crippen LogP contribution in [0.4, 0.5) is 0 Å². The van der Waals surface area contributed by atoms with Gasteiger partial charge in [-0.15, -0.1) is 0 Å². The average molecular weight is 354 g/mol. The van der Waals surface area contributed by atoms with Crippen LogP contribution < -0.4 is 10.9 Å². The molecular weight excluding hydrogens is 338 g/mol. The molecule has 21 heavy (non-hydrogen) atoms. The molecule has 0 saturated carbocycles. The van der Waals surface area contributed by atoms with Gasteiger partial charge in [0.2, 0.25) is 10.0 Å². The Morgan fingerprint density at radius 1 is 1.48 bits per heavy atom. The van der Waals surface area contributed by atoms with Crippen LogP contribution in [0, 0.1) is 5.92 Å². The summed E-state index contributed by atoms with van der Waals surface area (Å²) in [5, 5.41) is 2.64. The lowest BCUT2D eigenvalue weighted by atomic mass is 9.98. The van der Waals surface area contributed by atoms with Gasteiger partial charge in [-0.25, -0.2) is 12.7 Å². The highest BCUT2D eigenvalue weighted by Crippen LogP contribution is 2.19. The largest absolute Gasteiger partial charge is 0.351 e. The van der Waals surface area contributed by atoms with Crippen molar-refractivity contribution in [2.45, 2.75) is 12.8 Å². The molecule has 118 valence electrons. The van der Waals surface area contributed by atoms with Crippen molar-refractivity contribution in [3.8, 4) is 0 Å². The zero-order valence-corrected chi connectivity index (χ0v) is 13.8. The number of H-pyrrole nitrogens is 1. The summed E-state index contributed by atoms with van der Waals surface area (Å²) in [6.07, 6.45) is 2.60. The quantitative estimate of drug-likeness (QED) is 0.822. The molecule has 0 radical (unpaired) electrons. The Hall–Kier alpha value is -0.900. The molecule has 1 amide bonds. The van der Waals surface area contributed by atoms with Crippen molar-refractivity contribution in [2.24, 2.45) is 5.92 Å². The molecule has 7 nitrogen and oxygen atoms in total. The number of nitrogens with one attached hydrogen (secondary N) is 2.